The Bertz CT molecular complexity index is 450. The number of rotatable bonds is 2. The van der Waals surface area contributed by atoms with Crippen LogP contribution in [0.4, 0.5) is 0 Å². The van der Waals surface area contributed by atoms with Gasteiger partial charge >= 0.3 is 5.69 Å². The number of ether oxygens (including phenoxy) is 1. The maximum atomic E-state index is 11.4. The van der Waals surface area contributed by atoms with Gasteiger partial charge in [0.05, 0.1) is 17.8 Å². The van der Waals surface area contributed by atoms with E-state index in [1.54, 1.807) is 0 Å². The van der Waals surface area contributed by atoms with Crippen LogP contribution in [-0.4, -0.2) is 22.6 Å². The molecule has 0 aliphatic carbocycles. The van der Waals surface area contributed by atoms with E-state index in [0.29, 0.717) is 12.1 Å². The molecule has 6 heteroatoms. The minimum atomic E-state index is -0.503. The van der Waals surface area contributed by atoms with Crippen molar-refractivity contribution in [3.8, 4) is 0 Å². The summed E-state index contributed by atoms with van der Waals surface area (Å²) in [6.07, 6.45) is 2.78. The van der Waals surface area contributed by atoms with Gasteiger partial charge in [-0.2, -0.15) is 0 Å². The molecule has 82 valence electrons. The number of hydrogen-bond donors (Lipinski definition) is 3. The van der Waals surface area contributed by atoms with E-state index in [9.17, 15) is 9.59 Å². The highest BCUT2D eigenvalue weighted by molar-refractivity contribution is 5.09. The predicted molar refractivity (Wildman–Crippen MR) is 53.6 cm³/mol. The molecule has 4 N–H and O–H groups in total. The standard InChI is InChI=1S/C9H13N3O3/c10-3-5-1-2-7(15-5)6-4-11-9(14)12-8(6)13/h4-5,7H,1-3,10H2,(H2,11,12,13,14). The molecular weight excluding hydrogens is 198 g/mol. The molecule has 1 aromatic rings. The van der Waals surface area contributed by atoms with Gasteiger partial charge in [0.2, 0.25) is 0 Å². The molecule has 0 radical (unpaired) electrons. The third-order valence-corrected chi connectivity index (χ3v) is 2.57. The molecule has 0 amide bonds. The second-order valence-electron chi connectivity index (χ2n) is 3.59. The normalized spacial score (nSPS) is 25.7. The van der Waals surface area contributed by atoms with Gasteiger partial charge in [0.25, 0.3) is 5.56 Å². The molecule has 0 bridgehead atoms. The highest BCUT2D eigenvalue weighted by atomic mass is 16.5. The molecule has 0 aromatic carbocycles. The van der Waals surface area contributed by atoms with Crippen LogP contribution in [-0.2, 0) is 4.74 Å². The Kier molecular flexibility index (Phi) is 2.70. The molecule has 2 unspecified atom stereocenters. The smallest absolute Gasteiger partial charge is 0.325 e. The fourth-order valence-electron chi connectivity index (χ4n) is 1.77. The summed E-state index contributed by atoms with van der Waals surface area (Å²) in [6, 6.07) is 0. The zero-order valence-electron chi connectivity index (χ0n) is 8.16. The average Bonchev–Trinajstić information content (AvgIpc) is 2.66. The van der Waals surface area contributed by atoms with Crippen LogP contribution in [0.5, 0.6) is 0 Å². The van der Waals surface area contributed by atoms with Gasteiger partial charge in [-0.15, -0.1) is 0 Å². The topological polar surface area (TPSA) is 101 Å². The number of aromatic amines is 2. The van der Waals surface area contributed by atoms with E-state index in [2.05, 4.69) is 9.97 Å². The lowest BCUT2D eigenvalue weighted by atomic mass is 10.1. The third kappa shape index (κ3) is 2.00. The highest BCUT2D eigenvalue weighted by Crippen LogP contribution is 2.29. The Hall–Kier alpha value is -1.40. The van der Waals surface area contributed by atoms with Gasteiger partial charge in [-0.25, -0.2) is 4.79 Å². The van der Waals surface area contributed by atoms with Crippen molar-refractivity contribution in [2.45, 2.75) is 25.0 Å². The molecule has 2 heterocycles. The first kappa shape index (κ1) is 10.1. The van der Waals surface area contributed by atoms with Crippen molar-refractivity contribution in [1.29, 1.82) is 0 Å². The Morgan fingerprint density at radius 1 is 1.47 bits per heavy atom. The quantitative estimate of drug-likeness (QED) is 0.598. The first-order chi connectivity index (χ1) is 7.20. The molecule has 2 atom stereocenters. The summed E-state index contributed by atoms with van der Waals surface area (Å²) in [5.41, 5.74) is 5.04. The summed E-state index contributed by atoms with van der Waals surface area (Å²) in [6.45, 7) is 0.456. The van der Waals surface area contributed by atoms with Crippen molar-refractivity contribution in [3.05, 3.63) is 32.6 Å². The van der Waals surface area contributed by atoms with Crippen molar-refractivity contribution >= 4 is 0 Å². The summed E-state index contributed by atoms with van der Waals surface area (Å²) in [5.74, 6) is 0. The summed E-state index contributed by atoms with van der Waals surface area (Å²) in [5, 5.41) is 0. The van der Waals surface area contributed by atoms with Crippen molar-refractivity contribution in [2.24, 2.45) is 5.73 Å². The molecule has 2 rings (SSSR count). The molecular formula is C9H13N3O3. The third-order valence-electron chi connectivity index (χ3n) is 2.57. The minimum absolute atomic E-state index is 0.0151. The van der Waals surface area contributed by atoms with Crippen molar-refractivity contribution in [2.75, 3.05) is 6.54 Å². The minimum Gasteiger partial charge on any atom is -0.369 e. The van der Waals surface area contributed by atoms with Crippen LogP contribution in [0.3, 0.4) is 0 Å². The zero-order chi connectivity index (χ0) is 10.8. The lowest BCUT2D eigenvalue weighted by molar-refractivity contribution is 0.0488. The predicted octanol–water partition coefficient (Wildman–Crippen LogP) is -0.758. The molecule has 0 saturated carbocycles. The van der Waals surface area contributed by atoms with Gasteiger partial charge in [-0.3, -0.25) is 9.78 Å². The summed E-state index contributed by atoms with van der Waals surface area (Å²) in [7, 11) is 0. The number of hydrogen-bond acceptors (Lipinski definition) is 4. The Morgan fingerprint density at radius 2 is 2.27 bits per heavy atom. The SMILES string of the molecule is NCC1CCC(c2c[nH]c(=O)[nH]c2=O)O1. The van der Waals surface area contributed by atoms with E-state index in [-0.39, 0.29) is 17.8 Å². The number of nitrogens with two attached hydrogens (primary N) is 1. The van der Waals surface area contributed by atoms with Gasteiger partial charge in [0, 0.05) is 12.7 Å². The van der Waals surface area contributed by atoms with E-state index >= 15 is 0 Å². The zero-order valence-corrected chi connectivity index (χ0v) is 8.16. The van der Waals surface area contributed by atoms with E-state index in [1.165, 1.54) is 6.20 Å². The van der Waals surface area contributed by atoms with Crippen LogP contribution in [0.25, 0.3) is 0 Å². The monoisotopic (exact) mass is 211 g/mol. The Morgan fingerprint density at radius 3 is 2.87 bits per heavy atom. The van der Waals surface area contributed by atoms with Crippen molar-refractivity contribution in [1.82, 2.24) is 9.97 Å². The molecule has 1 saturated heterocycles. The van der Waals surface area contributed by atoms with Crippen LogP contribution < -0.4 is 17.0 Å². The average molecular weight is 211 g/mol. The van der Waals surface area contributed by atoms with Crippen molar-refractivity contribution in [3.63, 3.8) is 0 Å². The molecule has 15 heavy (non-hydrogen) atoms. The fraction of sp³-hybridized carbons (Fsp3) is 0.556. The molecule has 1 aliphatic rings. The molecule has 6 nitrogen and oxygen atoms in total. The van der Waals surface area contributed by atoms with Gasteiger partial charge in [0.15, 0.2) is 0 Å². The summed E-state index contributed by atoms with van der Waals surface area (Å²) < 4.78 is 5.55. The summed E-state index contributed by atoms with van der Waals surface area (Å²) in [4.78, 5) is 26.8. The van der Waals surface area contributed by atoms with E-state index in [1.807, 2.05) is 0 Å². The van der Waals surface area contributed by atoms with Gasteiger partial charge in [-0.1, -0.05) is 0 Å². The molecule has 1 aromatic heterocycles. The second-order valence-corrected chi connectivity index (χ2v) is 3.59. The Balaban J connectivity index is 2.24. The van der Waals surface area contributed by atoms with Crippen molar-refractivity contribution < 1.29 is 4.74 Å². The first-order valence-corrected chi connectivity index (χ1v) is 4.88. The largest absolute Gasteiger partial charge is 0.369 e. The van der Waals surface area contributed by atoms with Gasteiger partial charge in [0.1, 0.15) is 0 Å². The van der Waals surface area contributed by atoms with Crippen LogP contribution >= 0.6 is 0 Å². The van der Waals surface area contributed by atoms with Crippen LogP contribution in [0, 0.1) is 0 Å². The summed E-state index contributed by atoms with van der Waals surface area (Å²) >= 11 is 0. The number of nitrogens with one attached hydrogen (secondary N) is 2. The maximum Gasteiger partial charge on any atom is 0.325 e. The maximum absolute atomic E-state index is 11.4. The lowest BCUT2D eigenvalue weighted by Gasteiger charge is -2.10. The Labute approximate surface area is 85.5 Å². The molecule has 1 aliphatic heterocycles. The molecule has 1 fully saturated rings. The van der Waals surface area contributed by atoms with Gasteiger partial charge < -0.3 is 15.5 Å². The lowest BCUT2D eigenvalue weighted by Crippen LogP contribution is -2.27. The molecule has 0 spiro atoms. The van der Waals surface area contributed by atoms with E-state index < -0.39 is 5.69 Å². The van der Waals surface area contributed by atoms with Gasteiger partial charge in [-0.05, 0) is 12.8 Å². The fourth-order valence-corrected chi connectivity index (χ4v) is 1.77. The second kappa shape index (κ2) is 4.00. The van der Waals surface area contributed by atoms with Crippen LogP contribution in [0.1, 0.15) is 24.5 Å². The van der Waals surface area contributed by atoms with E-state index in [0.717, 1.165) is 12.8 Å². The highest BCUT2D eigenvalue weighted by Gasteiger charge is 2.27. The van der Waals surface area contributed by atoms with Crippen LogP contribution in [0.2, 0.25) is 0 Å². The van der Waals surface area contributed by atoms with E-state index in [4.69, 9.17) is 10.5 Å². The number of aromatic nitrogens is 2. The number of H-pyrrole nitrogens is 2. The van der Waals surface area contributed by atoms with Crippen LogP contribution in [0.15, 0.2) is 15.8 Å². The first-order valence-electron chi connectivity index (χ1n) is 4.88.